The van der Waals surface area contributed by atoms with Gasteiger partial charge in [0, 0.05) is 19.1 Å². The maximum Gasteiger partial charge on any atom is 0.00355 e. The van der Waals surface area contributed by atoms with E-state index in [9.17, 15) is 0 Å². The van der Waals surface area contributed by atoms with E-state index in [-0.39, 0.29) is 0 Å². The van der Waals surface area contributed by atoms with Crippen molar-refractivity contribution in [3.05, 3.63) is 0 Å². The van der Waals surface area contributed by atoms with Crippen molar-refractivity contribution in [2.75, 3.05) is 26.2 Å². The van der Waals surface area contributed by atoms with Gasteiger partial charge in [0.1, 0.15) is 0 Å². The molecule has 1 aliphatic carbocycles. The summed E-state index contributed by atoms with van der Waals surface area (Å²) in [6, 6.07) is 0.639. The summed E-state index contributed by atoms with van der Waals surface area (Å²) in [6.07, 6.45) is 4.31. The molecule has 2 rings (SSSR count). The Morgan fingerprint density at radius 1 is 1.40 bits per heavy atom. The van der Waals surface area contributed by atoms with Gasteiger partial charge < -0.3 is 10.2 Å². The quantitative estimate of drug-likeness (QED) is 0.747. The minimum absolute atomic E-state index is 0.639. The van der Waals surface area contributed by atoms with Crippen molar-refractivity contribution in [2.45, 2.75) is 46.1 Å². The van der Waals surface area contributed by atoms with Crippen LogP contribution in [0.2, 0.25) is 0 Å². The first-order chi connectivity index (χ1) is 7.07. The summed E-state index contributed by atoms with van der Waals surface area (Å²) in [7, 11) is 0. The van der Waals surface area contributed by atoms with Crippen LogP contribution in [-0.2, 0) is 0 Å². The standard InChI is InChI=1S/C13H26N2/c1-11(2)14-8-12-4-7-15(9-12)10-13(3)5-6-13/h11-12,14H,4-10H2,1-3H3. The van der Waals surface area contributed by atoms with Gasteiger partial charge in [-0.25, -0.2) is 0 Å². The second-order valence-electron chi connectivity index (χ2n) is 6.26. The Morgan fingerprint density at radius 3 is 2.73 bits per heavy atom. The molecule has 1 unspecified atom stereocenters. The first-order valence-electron chi connectivity index (χ1n) is 6.53. The van der Waals surface area contributed by atoms with Crippen molar-refractivity contribution < 1.29 is 0 Å². The van der Waals surface area contributed by atoms with Crippen LogP contribution in [0.3, 0.4) is 0 Å². The summed E-state index contributed by atoms with van der Waals surface area (Å²) in [5.41, 5.74) is 0.695. The molecule has 1 saturated heterocycles. The van der Waals surface area contributed by atoms with Gasteiger partial charge >= 0.3 is 0 Å². The topological polar surface area (TPSA) is 15.3 Å². The van der Waals surface area contributed by atoms with Crippen LogP contribution < -0.4 is 5.32 Å². The Kier molecular flexibility index (Phi) is 3.36. The molecule has 15 heavy (non-hydrogen) atoms. The zero-order valence-electron chi connectivity index (χ0n) is 10.6. The van der Waals surface area contributed by atoms with E-state index in [1.54, 1.807) is 0 Å². The Labute approximate surface area is 94.4 Å². The van der Waals surface area contributed by atoms with Gasteiger partial charge in [-0.05, 0) is 43.7 Å². The summed E-state index contributed by atoms with van der Waals surface area (Å²) < 4.78 is 0. The minimum Gasteiger partial charge on any atom is -0.314 e. The lowest BCUT2D eigenvalue weighted by Crippen LogP contribution is -2.32. The number of hydrogen-bond acceptors (Lipinski definition) is 2. The molecular weight excluding hydrogens is 184 g/mol. The van der Waals surface area contributed by atoms with Gasteiger partial charge in [0.25, 0.3) is 0 Å². The summed E-state index contributed by atoms with van der Waals surface area (Å²) in [5, 5.41) is 3.56. The van der Waals surface area contributed by atoms with Crippen molar-refractivity contribution in [1.82, 2.24) is 10.2 Å². The molecule has 2 aliphatic rings. The normalized spacial score (nSPS) is 30.0. The van der Waals surface area contributed by atoms with Gasteiger partial charge in [0.15, 0.2) is 0 Å². The van der Waals surface area contributed by atoms with E-state index in [1.165, 1.54) is 45.4 Å². The molecule has 0 bridgehead atoms. The van der Waals surface area contributed by atoms with E-state index in [2.05, 4.69) is 31.0 Å². The van der Waals surface area contributed by atoms with Gasteiger partial charge in [-0.2, -0.15) is 0 Å². The number of likely N-dealkylation sites (tertiary alicyclic amines) is 1. The van der Waals surface area contributed by atoms with E-state index < -0.39 is 0 Å². The molecule has 2 fully saturated rings. The zero-order chi connectivity index (χ0) is 10.9. The monoisotopic (exact) mass is 210 g/mol. The third-order valence-corrected chi connectivity index (χ3v) is 3.89. The molecular formula is C13H26N2. The minimum atomic E-state index is 0.639. The van der Waals surface area contributed by atoms with Gasteiger partial charge in [0.2, 0.25) is 0 Å². The predicted octanol–water partition coefficient (Wildman–Crippen LogP) is 2.11. The van der Waals surface area contributed by atoms with Crippen molar-refractivity contribution in [3.63, 3.8) is 0 Å². The average Bonchev–Trinajstić information content (AvgIpc) is 2.73. The molecule has 0 aromatic rings. The summed E-state index contributed by atoms with van der Waals surface area (Å²) in [5.74, 6) is 0.898. The number of nitrogens with zero attached hydrogens (tertiary/aromatic N) is 1. The molecule has 0 aromatic carbocycles. The van der Waals surface area contributed by atoms with E-state index >= 15 is 0 Å². The van der Waals surface area contributed by atoms with Crippen molar-refractivity contribution in [1.29, 1.82) is 0 Å². The first-order valence-corrected chi connectivity index (χ1v) is 6.53. The highest BCUT2D eigenvalue weighted by Crippen LogP contribution is 2.46. The van der Waals surface area contributed by atoms with Crippen LogP contribution in [0.15, 0.2) is 0 Å². The lowest BCUT2D eigenvalue weighted by molar-refractivity contribution is 0.265. The van der Waals surface area contributed by atoms with E-state index in [4.69, 9.17) is 0 Å². The second kappa shape index (κ2) is 4.42. The largest absolute Gasteiger partial charge is 0.314 e. The Morgan fingerprint density at radius 2 is 2.13 bits per heavy atom. The van der Waals surface area contributed by atoms with Gasteiger partial charge in [-0.15, -0.1) is 0 Å². The smallest absolute Gasteiger partial charge is 0.00355 e. The summed E-state index contributed by atoms with van der Waals surface area (Å²) in [6.45, 7) is 12.1. The van der Waals surface area contributed by atoms with Crippen LogP contribution in [0.25, 0.3) is 0 Å². The molecule has 0 amide bonds. The van der Waals surface area contributed by atoms with Gasteiger partial charge in [-0.1, -0.05) is 20.8 Å². The number of nitrogens with one attached hydrogen (secondary N) is 1. The second-order valence-corrected chi connectivity index (χ2v) is 6.26. The van der Waals surface area contributed by atoms with Crippen LogP contribution in [0, 0.1) is 11.3 Å². The van der Waals surface area contributed by atoms with Crippen molar-refractivity contribution >= 4 is 0 Å². The fourth-order valence-electron chi connectivity index (χ4n) is 2.54. The van der Waals surface area contributed by atoms with Crippen LogP contribution in [0.5, 0.6) is 0 Å². The van der Waals surface area contributed by atoms with Crippen molar-refractivity contribution in [3.8, 4) is 0 Å². The predicted molar refractivity (Wildman–Crippen MR) is 65.0 cm³/mol. The Hall–Kier alpha value is -0.0800. The van der Waals surface area contributed by atoms with Crippen LogP contribution in [0.1, 0.15) is 40.0 Å². The molecule has 1 N–H and O–H groups in total. The molecule has 0 spiro atoms. The fraction of sp³-hybridized carbons (Fsp3) is 1.00. The maximum absolute atomic E-state index is 3.56. The molecule has 1 aliphatic heterocycles. The van der Waals surface area contributed by atoms with E-state index in [1.807, 2.05) is 0 Å². The maximum atomic E-state index is 3.56. The fourth-order valence-corrected chi connectivity index (χ4v) is 2.54. The summed E-state index contributed by atoms with van der Waals surface area (Å²) in [4.78, 5) is 2.68. The van der Waals surface area contributed by atoms with Gasteiger partial charge in [0.05, 0.1) is 0 Å². The molecule has 1 saturated carbocycles. The third-order valence-electron chi connectivity index (χ3n) is 3.89. The Balaban J connectivity index is 1.65. The Bertz CT molecular complexity index is 209. The molecule has 1 atom stereocenters. The van der Waals surface area contributed by atoms with Gasteiger partial charge in [-0.3, -0.25) is 0 Å². The van der Waals surface area contributed by atoms with Crippen LogP contribution in [0.4, 0.5) is 0 Å². The highest BCUT2D eigenvalue weighted by atomic mass is 15.2. The zero-order valence-corrected chi connectivity index (χ0v) is 10.6. The highest BCUT2D eigenvalue weighted by Gasteiger charge is 2.39. The molecule has 0 radical (unpaired) electrons. The highest BCUT2D eigenvalue weighted by molar-refractivity contribution is 4.93. The third kappa shape index (κ3) is 3.46. The lowest BCUT2D eigenvalue weighted by Gasteiger charge is -2.20. The van der Waals surface area contributed by atoms with Crippen LogP contribution >= 0.6 is 0 Å². The molecule has 88 valence electrons. The molecule has 2 nitrogen and oxygen atoms in total. The van der Waals surface area contributed by atoms with Crippen molar-refractivity contribution in [2.24, 2.45) is 11.3 Å². The van der Waals surface area contributed by atoms with E-state index in [0.29, 0.717) is 11.5 Å². The number of rotatable bonds is 5. The number of hydrogen-bond donors (Lipinski definition) is 1. The lowest BCUT2D eigenvalue weighted by atomic mass is 10.1. The SMILES string of the molecule is CC(C)NCC1CCN(CC2(C)CC2)C1. The molecule has 1 heterocycles. The molecule has 0 aromatic heterocycles. The first kappa shape index (κ1) is 11.4. The molecule has 2 heteroatoms. The van der Waals surface area contributed by atoms with Crippen LogP contribution in [-0.4, -0.2) is 37.1 Å². The average molecular weight is 210 g/mol. The summed E-state index contributed by atoms with van der Waals surface area (Å²) >= 11 is 0. The van der Waals surface area contributed by atoms with E-state index in [0.717, 1.165) is 5.92 Å².